The number of carboxylic acids is 1. The van der Waals surface area contributed by atoms with Gasteiger partial charge in [-0.15, -0.1) is 0 Å². The Balaban J connectivity index is 1.34. The SMILES string of the molecule is CC(NC(=O)OCC1c2ccccc2-c2ccccc21)C(C)C(=O)N1CCC(C)(C(=O)O)C1. The van der Waals surface area contributed by atoms with Crippen molar-refractivity contribution < 1.29 is 24.2 Å². The predicted molar refractivity (Wildman–Crippen MR) is 124 cm³/mol. The number of nitrogens with zero attached hydrogens (tertiary/aromatic N) is 1. The van der Waals surface area contributed by atoms with Gasteiger partial charge in [0, 0.05) is 25.0 Å². The minimum atomic E-state index is -0.918. The molecule has 2 amide bonds. The third kappa shape index (κ3) is 4.32. The van der Waals surface area contributed by atoms with Gasteiger partial charge in [0.05, 0.1) is 11.3 Å². The van der Waals surface area contributed by atoms with Crippen LogP contribution in [0.5, 0.6) is 0 Å². The topological polar surface area (TPSA) is 95.9 Å². The van der Waals surface area contributed by atoms with Crippen molar-refractivity contribution >= 4 is 18.0 Å². The number of fused-ring (bicyclic) bond motifs is 3. The van der Waals surface area contributed by atoms with E-state index in [1.165, 1.54) is 0 Å². The lowest BCUT2D eigenvalue weighted by molar-refractivity contribution is -0.147. The molecule has 0 saturated carbocycles. The number of hydrogen-bond donors (Lipinski definition) is 2. The fraction of sp³-hybridized carbons (Fsp3) is 0.423. The quantitative estimate of drug-likeness (QED) is 0.697. The van der Waals surface area contributed by atoms with Crippen LogP contribution in [-0.2, 0) is 14.3 Å². The molecule has 1 heterocycles. The first-order valence-corrected chi connectivity index (χ1v) is 11.3. The Morgan fingerprint density at radius 3 is 2.21 bits per heavy atom. The molecule has 1 aliphatic heterocycles. The molecule has 3 unspecified atom stereocenters. The fourth-order valence-electron chi connectivity index (χ4n) is 4.78. The van der Waals surface area contributed by atoms with E-state index < -0.39 is 29.4 Å². The molecule has 0 radical (unpaired) electrons. The molecule has 7 nitrogen and oxygen atoms in total. The van der Waals surface area contributed by atoms with Crippen LogP contribution in [0.1, 0.15) is 44.2 Å². The summed E-state index contributed by atoms with van der Waals surface area (Å²) in [5.41, 5.74) is 3.68. The average molecular weight is 451 g/mol. The Bertz CT molecular complexity index is 1040. The molecule has 7 heteroatoms. The first kappa shape index (κ1) is 22.8. The lowest BCUT2D eigenvalue weighted by atomic mass is 9.90. The normalized spacial score (nSPS) is 21.1. The number of amides is 2. The molecule has 33 heavy (non-hydrogen) atoms. The molecule has 2 aromatic carbocycles. The summed E-state index contributed by atoms with van der Waals surface area (Å²) in [6.07, 6.45) is -0.143. The Labute approximate surface area is 193 Å². The molecule has 1 saturated heterocycles. The van der Waals surface area contributed by atoms with Gasteiger partial charge in [-0.1, -0.05) is 55.5 Å². The minimum Gasteiger partial charge on any atom is -0.481 e. The Morgan fingerprint density at radius 1 is 1.09 bits per heavy atom. The van der Waals surface area contributed by atoms with Crippen LogP contribution < -0.4 is 5.32 Å². The van der Waals surface area contributed by atoms with Gasteiger partial charge >= 0.3 is 12.1 Å². The highest BCUT2D eigenvalue weighted by Crippen LogP contribution is 2.44. The monoisotopic (exact) mass is 450 g/mol. The highest BCUT2D eigenvalue weighted by Gasteiger charge is 2.43. The van der Waals surface area contributed by atoms with Gasteiger partial charge in [0.1, 0.15) is 6.61 Å². The lowest BCUT2D eigenvalue weighted by Gasteiger charge is -2.26. The molecule has 2 aromatic rings. The van der Waals surface area contributed by atoms with Gasteiger partial charge in [-0.2, -0.15) is 0 Å². The summed E-state index contributed by atoms with van der Waals surface area (Å²) in [6.45, 7) is 5.96. The Morgan fingerprint density at radius 2 is 1.67 bits per heavy atom. The maximum atomic E-state index is 12.9. The number of benzene rings is 2. The third-order valence-corrected chi connectivity index (χ3v) is 7.13. The number of ether oxygens (including phenoxy) is 1. The molecule has 1 aliphatic carbocycles. The zero-order valence-electron chi connectivity index (χ0n) is 19.2. The van der Waals surface area contributed by atoms with Crippen molar-refractivity contribution in [2.24, 2.45) is 11.3 Å². The molecule has 174 valence electrons. The first-order valence-electron chi connectivity index (χ1n) is 11.3. The van der Waals surface area contributed by atoms with Crippen molar-refractivity contribution in [2.75, 3.05) is 19.7 Å². The van der Waals surface area contributed by atoms with Crippen molar-refractivity contribution in [3.63, 3.8) is 0 Å². The summed E-state index contributed by atoms with van der Waals surface area (Å²) in [5.74, 6) is -1.58. The summed E-state index contributed by atoms with van der Waals surface area (Å²) >= 11 is 0. The van der Waals surface area contributed by atoms with Gasteiger partial charge in [0.25, 0.3) is 0 Å². The van der Waals surface area contributed by atoms with E-state index in [1.54, 1.807) is 25.7 Å². The van der Waals surface area contributed by atoms with Gasteiger partial charge in [0.2, 0.25) is 5.91 Å². The number of likely N-dealkylation sites (tertiary alicyclic amines) is 1. The number of carbonyl (C=O) groups is 3. The first-order chi connectivity index (χ1) is 15.7. The molecular formula is C26H30N2O5. The van der Waals surface area contributed by atoms with E-state index in [-0.39, 0.29) is 25.0 Å². The molecule has 0 aromatic heterocycles. The van der Waals surface area contributed by atoms with Gasteiger partial charge in [-0.25, -0.2) is 4.79 Å². The molecule has 1 fully saturated rings. The minimum absolute atomic E-state index is 0.0317. The van der Waals surface area contributed by atoms with E-state index in [0.717, 1.165) is 22.3 Å². The molecule has 2 N–H and O–H groups in total. The van der Waals surface area contributed by atoms with E-state index in [1.807, 2.05) is 24.3 Å². The van der Waals surface area contributed by atoms with Crippen LogP contribution in [0.15, 0.2) is 48.5 Å². The highest BCUT2D eigenvalue weighted by atomic mass is 16.5. The lowest BCUT2D eigenvalue weighted by Crippen LogP contribution is -2.46. The number of aliphatic carboxylic acids is 1. The molecular weight excluding hydrogens is 420 g/mol. The van der Waals surface area contributed by atoms with Crippen LogP contribution >= 0.6 is 0 Å². The van der Waals surface area contributed by atoms with Crippen molar-refractivity contribution in [3.05, 3.63) is 59.7 Å². The van der Waals surface area contributed by atoms with Crippen molar-refractivity contribution in [1.82, 2.24) is 10.2 Å². The van der Waals surface area contributed by atoms with Crippen molar-refractivity contribution in [2.45, 2.75) is 39.2 Å². The second-order valence-electron chi connectivity index (χ2n) is 9.42. The highest BCUT2D eigenvalue weighted by molar-refractivity contribution is 5.83. The number of rotatable bonds is 6. The number of hydrogen-bond acceptors (Lipinski definition) is 4. The van der Waals surface area contributed by atoms with E-state index >= 15 is 0 Å². The summed E-state index contributed by atoms with van der Waals surface area (Å²) in [6, 6.07) is 15.8. The van der Waals surface area contributed by atoms with E-state index in [9.17, 15) is 19.5 Å². The number of nitrogens with one attached hydrogen (secondary N) is 1. The molecule has 4 rings (SSSR count). The van der Waals surface area contributed by atoms with Gasteiger partial charge < -0.3 is 20.1 Å². The van der Waals surface area contributed by atoms with Gasteiger partial charge in [-0.05, 0) is 42.5 Å². The van der Waals surface area contributed by atoms with E-state index in [4.69, 9.17) is 4.74 Å². The van der Waals surface area contributed by atoms with Crippen LogP contribution in [0, 0.1) is 11.3 Å². The standard InChI is InChI=1S/C26H30N2O5/c1-16(23(29)28-13-12-26(3,15-28)24(30)31)17(2)27-25(32)33-14-22-20-10-6-4-8-18(20)19-9-5-7-11-21(19)22/h4-11,16-17,22H,12-15H2,1-3H3,(H,27,32)(H,30,31). The summed E-state index contributed by atoms with van der Waals surface area (Å²) < 4.78 is 5.58. The molecule has 3 atom stereocenters. The largest absolute Gasteiger partial charge is 0.481 e. The zero-order valence-corrected chi connectivity index (χ0v) is 19.2. The zero-order chi connectivity index (χ0) is 23.8. The second-order valence-corrected chi connectivity index (χ2v) is 9.42. The summed E-state index contributed by atoms with van der Waals surface area (Å²) in [4.78, 5) is 38.4. The van der Waals surface area contributed by atoms with Crippen LogP contribution in [-0.4, -0.2) is 53.7 Å². The van der Waals surface area contributed by atoms with Crippen molar-refractivity contribution in [3.8, 4) is 11.1 Å². The number of carboxylic acid groups (broad SMARTS) is 1. The summed E-state index contributed by atoms with van der Waals surface area (Å²) in [5, 5.41) is 12.2. The van der Waals surface area contributed by atoms with Crippen LogP contribution in [0.2, 0.25) is 0 Å². The van der Waals surface area contributed by atoms with Crippen LogP contribution in [0.25, 0.3) is 11.1 Å². The maximum absolute atomic E-state index is 12.9. The second kappa shape index (κ2) is 8.89. The van der Waals surface area contributed by atoms with E-state index in [2.05, 4.69) is 29.6 Å². The molecule has 2 aliphatic rings. The van der Waals surface area contributed by atoms with E-state index in [0.29, 0.717) is 13.0 Å². The van der Waals surface area contributed by atoms with Crippen LogP contribution in [0.3, 0.4) is 0 Å². The smallest absolute Gasteiger partial charge is 0.407 e. The molecule has 0 bridgehead atoms. The van der Waals surface area contributed by atoms with Crippen LogP contribution in [0.4, 0.5) is 4.79 Å². The number of carbonyl (C=O) groups excluding carboxylic acids is 2. The maximum Gasteiger partial charge on any atom is 0.407 e. The Kier molecular flexibility index (Phi) is 6.15. The predicted octanol–water partition coefficient (Wildman–Crippen LogP) is 3.87. The Hall–Kier alpha value is -3.35. The number of alkyl carbamates (subject to hydrolysis) is 1. The average Bonchev–Trinajstić information content (AvgIpc) is 3.36. The van der Waals surface area contributed by atoms with Gasteiger partial charge in [-0.3, -0.25) is 9.59 Å². The fourth-order valence-corrected chi connectivity index (χ4v) is 4.78. The van der Waals surface area contributed by atoms with Gasteiger partial charge in [0.15, 0.2) is 0 Å². The third-order valence-electron chi connectivity index (χ3n) is 7.13. The van der Waals surface area contributed by atoms with Crippen molar-refractivity contribution in [1.29, 1.82) is 0 Å². The molecule has 0 spiro atoms. The summed E-state index contributed by atoms with van der Waals surface area (Å²) in [7, 11) is 0.